The van der Waals surface area contributed by atoms with Crippen LogP contribution in [-0.4, -0.2) is 42.0 Å². The van der Waals surface area contributed by atoms with E-state index in [-0.39, 0.29) is 13.2 Å². The summed E-state index contributed by atoms with van der Waals surface area (Å²) in [5.41, 5.74) is 3.06. The molecule has 0 aliphatic heterocycles. The minimum absolute atomic E-state index is 0.0407. The monoisotopic (exact) mass is 414 g/mol. The van der Waals surface area contributed by atoms with Crippen molar-refractivity contribution in [1.82, 2.24) is 29.8 Å². The zero-order valence-corrected chi connectivity index (χ0v) is 16.6. The Kier molecular flexibility index (Phi) is 4.85. The van der Waals surface area contributed by atoms with Crippen LogP contribution in [-0.2, 0) is 13.2 Å². The van der Waals surface area contributed by atoms with Gasteiger partial charge in [-0.25, -0.2) is 4.98 Å². The molecule has 0 bridgehead atoms. The highest BCUT2D eigenvalue weighted by atomic mass is 16.5. The zero-order valence-electron chi connectivity index (χ0n) is 16.6. The Morgan fingerprint density at radius 2 is 1.97 bits per heavy atom. The fourth-order valence-corrected chi connectivity index (χ4v) is 3.29. The lowest BCUT2D eigenvalue weighted by molar-refractivity contribution is 0.282. The molecular formula is C22H18N6O3. The van der Waals surface area contributed by atoms with Crippen LogP contribution in [0.3, 0.4) is 0 Å². The molecule has 0 radical (unpaired) electrons. The van der Waals surface area contributed by atoms with Gasteiger partial charge in [-0.2, -0.15) is 9.61 Å². The minimum Gasteiger partial charge on any atom is -0.497 e. The van der Waals surface area contributed by atoms with Gasteiger partial charge in [-0.05, 0) is 29.8 Å². The SMILES string of the molecule is COc1ccc2c(OCc3nnc4ncc(-c5cccc(CO)c5)nn34)ccnc2c1. The van der Waals surface area contributed by atoms with Gasteiger partial charge in [0.05, 0.1) is 25.4 Å². The molecule has 9 heteroatoms. The van der Waals surface area contributed by atoms with Crippen LogP contribution in [0.15, 0.2) is 60.9 Å². The molecule has 0 aliphatic rings. The molecule has 1 N–H and O–H groups in total. The molecule has 3 aromatic heterocycles. The van der Waals surface area contributed by atoms with Crippen molar-refractivity contribution in [3.8, 4) is 22.8 Å². The van der Waals surface area contributed by atoms with Gasteiger partial charge in [-0.1, -0.05) is 18.2 Å². The number of benzene rings is 2. The van der Waals surface area contributed by atoms with E-state index in [9.17, 15) is 5.11 Å². The van der Waals surface area contributed by atoms with E-state index in [2.05, 4.69) is 25.3 Å². The van der Waals surface area contributed by atoms with Crippen LogP contribution in [0.4, 0.5) is 0 Å². The molecule has 5 aromatic rings. The van der Waals surface area contributed by atoms with Crippen molar-refractivity contribution in [2.75, 3.05) is 7.11 Å². The summed E-state index contributed by atoms with van der Waals surface area (Å²) in [6.07, 6.45) is 3.32. The van der Waals surface area contributed by atoms with E-state index < -0.39 is 0 Å². The first-order valence-electron chi connectivity index (χ1n) is 9.58. The third-order valence-corrected chi connectivity index (χ3v) is 4.87. The molecule has 5 rings (SSSR count). The highest BCUT2D eigenvalue weighted by Gasteiger charge is 2.12. The van der Waals surface area contributed by atoms with Gasteiger partial charge in [0.15, 0.2) is 5.82 Å². The number of hydrogen-bond donors (Lipinski definition) is 1. The predicted octanol–water partition coefficient (Wildman–Crippen LogP) is 2.81. The number of nitrogens with zero attached hydrogens (tertiary/aromatic N) is 6. The molecule has 154 valence electrons. The van der Waals surface area contributed by atoms with Crippen LogP contribution in [0.2, 0.25) is 0 Å². The van der Waals surface area contributed by atoms with Crippen LogP contribution in [0.25, 0.3) is 27.9 Å². The molecule has 31 heavy (non-hydrogen) atoms. The summed E-state index contributed by atoms with van der Waals surface area (Å²) in [6, 6.07) is 14.9. The number of hydrogen-bond acceptors (Lipinski definition) is 8. The summed E-state index contributed by atoms with van der Waals surface area (Å²) in [6.45, 7) is 0.113. The predicted molar refractivity (Wildman–Crippen MR) is 113 cm³/mol. The highest BCUT2D eigenvalue weighted by molar-refractivity contribution is 5.85. The van der Waals surface area contributed by atoms with Crippen molar-refractivity contribution in [1.29, 1.82) is 0 Å². The second-order valence-electron chi connectivity index (χ2n) is 6.81. The maximum atomic E-state index is 9.39. The Morgan fingerprint density at radius 1 is 1.03 bits per heavy atom. The summed E-state index contributed by atoms with van der Waals surface area (Å²) >= 11 is 0. The van der Waals surface area contributed by atoms with Crippen molar-refractivity contribution in [2.24, 2.45) is 0 Å². The standard InChI is InChI=1S/C22H18N6O3/c1-30-16-5-6-17-18(10-16)23-8-7-20(17)31-13-21-25-26-22-24-11-19(27-28(21)22)15-4-2-3-14(9-15)12-29/h2-11,29H,12-13H2,1H3. The van der Waals surface area contributed by atoms with E-state index in [1.54, 1.807) is 30.1 Å². The molecule has 9 nitrogen and oxygen atoms in total. The second kappa shape index (κ2) is 7.96. The number of ether oxygens (including phenoxy) is 2. The largest absolute Gasteiger partial charge is 0.497 e. The first-order valence-corrected chi connectivity index (χ1v) is 9.58. The van der Waals surface area contributed by atoms with Crippen LogP contribution in [0, 0.1) is 0 Å². The maximum Gasteiger partial charge on any atom is 0.272 e. The third-order valence-electron chi connectivity index (χ3n) is 4.87. The summed E-state index contributed by atoms with van der Waals surface area (Å²) in [7, 11) is 1.62. The Hall–Kier alpha value is -4.11. The molecule has 0 saturated heterocycles. The Labute approximate surface area is 176 Å². The van der Waals surface area contributed by atoms with Gasteiger partial charge in [0.25, 0.3) is 5.78 Å². The molecule has 0 fully saturated rings. The zero-order chi connectivity index (χ0) is 21.2. The number of aliphatic hydroxyl groups is 1. The fraction of sp³-hybridized carbons (Fsp3) is 0.136. The van der Waals surface area contributed by atoms with Gasteiger partial charge in [-0.3, -0.25) is 4.98 Å². The van der Waals surface area contributed by atoms with Gasteiger partial charge in [0.2, 0.25) is 0 Å². The molecule has 3 heterocycles. The topological polar surface area (TPSA) is 108 Å². The number of pyridine rings is 1. The van der Waals surface area contributed by atoms with Gasteiger partial charge in [0, 0.05) is 23.2 Å². The number of aliphatic hydroxyl groups excluding tert-OH is 1. The van der Waals surface area contributed by atoms with Gasteiger partial charge in [0.1, 0.15) is 23.8 Å². The van der Waals surface area contributed by atoms with Gasteiger partial charge < -0.3 is 14.6 Å². The Morgan fingerprint density at radius 3 is 2.84 bits per heavy atom. The van der Waals surface area contributed by atoms with Crippen molar-refractivity contribution < 1.29 is 14.6 Å². The molecule has 0 saturated carbocycles. The summed E-state index contributed by atoms with van der Waals surface area (Å²) in [5.74, 6) is 2.30. The molecule has 2 aromatic carbocycles. The average Bonchev–Trinajstić information content (AvgIpc) is 3.24. The van der Waals surface area contributed by atoms with Gasteiger partial charge in [-0.15, -0.1) is 10.2 Å². The van der Waals surface area contributed by atoms with Crippen molar-refractivity contribution >= 4 is 16.7 Å². The van der Waals surface area contributed by atoms with Crippen molar-refractivity contribution in [3.05, 3.63) is 72.3 Å². The quantitative estimate of drug-likeness (QED) is 0.452. The number of rotatable bonds is 6. The molecular weight excluding hydrogens is 396 g/mol. The summed E-state index contributed by atoms with van der Waals surface area (Å²) in [4.78, 5) is 8.71. The molecule has 0 aliphatic carbocycles. The van der Waals surface area contributed by atoms with Crippen LogP contribution >= 0.6 is 0 Å². The molecule has 0 spiro atoms. The van der Waals surface area contributed by atoms with Crippen LogP contribution in [0.5, 0.6) is 11.5 Å². The fourth-order valence-electron chi connectivity index (χ4n) is 3.29. The highest BCUT2D eigenvalue weighted by Crippen LogP contribution is 2.27. The normalized spacial score (nSPS) is 11.2. The number of aromatic nitrogens is 6. The maximum absolute atomic E-state index is 9.39. The van der Waals surface area contributed by atoms with Crippen LogP contribution in [0.1, 0.15) is 11.4 Å². The number of methoxy groups -OCH3 is 1. The first-order chi connectivity index (χ1) is 15.2. The second-order valence-corrected chi connectivity index (χ2v) is 6.81. The number of fused-ring (bicyclic) bond motifs is 2. The lowest BCUT2D eigenvalue weighted by atomic mass is 10.1. The molecule has 0 atom stereocenters. The average molecular weight is 414 g/mol. The van der Waals surface area contributed by atoms with Gasteiger partial charge >= 0.3 is 0 Å². The molecule has 0 unspecified atom stereocenters. The van der Waals surface area contributed by atoms with Crippen molar-refractivity contribution in [2.45, 2.75) is 13.2 Å². The van der Waals surface area contributed by atoms with E-state index in [0.29, 0.717) is 23.0 Å². The van der Waals surface area contributed by atoms with E-state index >= 15 is 0 Å². The first kappa shape index (κ1) is 18.9. The lowest BCUT2D eigenvalue weighted by Gasteiger charge is -2.09. The van der Waals surface area contributed by atoms with Crippen molar-refractivity contribution in [3.63, 3.8) is 0 Å². The van der Waals surface area contributed by atoms with E-state index in [1.165, 1.54) is 0 Å². The smallest absolute Gasteiger partial charge is 0.272 e. The molecule has 0 amide bonds. The van der Waals surface area contributed by atoms with E-state index in [0.717, 1.165) is 27.8 Å². The van der Waals surface area contributed by atoms with Crippen LogP contribution < -0.4 is 9.47 Å². The van der Waals surface area contributed by atoms with E-state index in [4.69, 9.17) is 9.47 Å². The summed E-state index contributed by atoms with van der Waals surface area (Å²) in [5, 5.41) is 23.1. The third kappa shape index (κ3) is 3.62. The Balaban J connectivity index is 1.45. The summed E-state index contributed by atoms with van der Waals surface area (Å²) < 4.78 is 12.8. The van der Waals surface area contributed by atoms with E-state index in [1.807, 2.05) is 42.5 Å². The lowest BCUT2D eigenvalue weighted by Crippen LogP contribution is -2.06. The minimum atomic E-state index is -0.0407. The Bertz CT molecular complexity index is 1380.